The quantitative estimate of drug-likeness (QED) is 0.571. The van der Waals surface area contributed by atoms with Gasteiger partial charge in [-0.3, -0.25) is 4.79 Å². The molecular formula is C18H12FN5OS. The van der Waals surface area contributed by atoms with Gasteiger partial charge in [0.25, 0.3) is 5.91 Å². The lowest BCUT2D eigenvalue weighted by molar-refractivity contribution is -0.113. The number of carbonyl (C=O) groups excluding carboxylic acids is 1. The average Bonchev–Trinajstić information content (AvgIpc) is 3.22. The third-order valence-electron chi connectivity index (χ3n) is 3.76. The summed E-state index contributed by atoms with van der Waals surface area (Å²) in [7, 11) is 0. The molecule has 1 fully saturated rings. The Morgan fingerprint density at radius 3 is 2.58 bits per heavy atom. The first kappa shape index (κ1) is 16.1. The molecule has 1 aliphatic rings. The van der Waals surface area contributed by atoms with Crippen molar-refractivity contribution in [1.82, 2.24) is 20.3 Å². The Morgan fingerprint density at radius 2 is 1.81 bits per heavy atom. The lowest BCUT2D eigenvalue weighted by atomic mass is 10.2. The zero-order valence-electron chi connectivity index (χ0n) is 13.3. The molecule has 1 amide bonds. The normalized spacial score (nSPS) is 15.6. The van der Waals surface area contributed by atoms with E-state index in [1.807, 2.05) is 30.3 Å². The van der Waals surface area contributed by atoms with E-state index in [0.29, 0.717) is 5.69 Å². The van der Waals surface area contributed by atoms with Crippen LogP contribution in [-0.4, -0.2) is 26.0 Å². The van der Waals surface area contributed by atoms with Crippen LogP contribution in [0.25, 0.3) is 11.8 Å². The van der Waals surface area contributed by atoms with Crippen LogP contribution in [-0.2, 0) is 4.79 Å². The molecule has 0 spiro atoms. The van der Waals surface area contributed by atoms with Gasteiger partial charge in [0, 0.05) is 0 Å². The number of halogens is 1. The number of anilines is 1. The molecule has 0 atom stereocenters. The summed E-state index contributed by atoms with van der Waals surface area (Å²) in [4.78, 5) is 15.2. The molecule has 0 radical (unpaired) electrons. The predicted molar refractivity (Wildman–Crippen MR) is 99.0 cm³/mol. The largest absolute Gasteiger partial charge is 0.327 e. The first-order valence-corrected chi connectivity index (χ1v) is 8.14. The summed E-state index contributed by atoms with van der Waals surface area (Å²) in [5.74, 6) is -0.976. The molecule has 4 rings (SSSR count). The van der Waals surface area contributed by atoms with E-state index in [9.17, 15) is 9.18 Å². The molecule has 6 nitrogen and oxygen atoms in total. The van der Waals surface area contributed by atoms with Crippen LogP contribution in [0.1, 0.15) is 5.69 Å². The minimum atomic E-state index is -0.527. The molecule has 1 N–H and O–H groups in total. The summed E-state index contributed by atoms with van der Waals surface area (Å²) in [6, 6.07) is 15.3. The highest BCUT2D eigenvalue weighted by atomic mass is 32.1. The first-order chi connectivity index (χ1) is 12.6. The number of amides is 1. The zero-order valence-corrected chi connectivity index (χ0v) is 14.2. The molecule has 2 heterocycles. The summed E-state index contributed by atoms with van der Waals surface area (Å²) in [5, 5.41) is 11.4. The van der Waals surface area contributed by atoms with Crippen LogP contribution in [0.5, 0.6) is 0 Å². The Balaban J connectivity index is 1.63. The number of rotatable bonds is 3. The van der Waals surface area contributed by atoms with Gasteiger partial charge in [-0.25, -0.2) is 9.29 Å². The average molecular weight is 365 g/mol. The SMILES string of the molecule is O=C1C(=Cc2cnn(-c3ccccc3)n2)NC(=S)N1c1ccccc1F. The maximum Gasteiger partial charge on any atom is 0.281 e. The van der Waals surface area contributed by atoms with Gasteiger partial charge < -0.3 is 5.32 Å². The van der Waals surface area contributed by atoms with Gasteiger partial charge in [-0.2, -0.15) is 9.90 Å². The van der Waals surface area contributed by atoms with Gasteiger partial charge in [-0.05, 0) is 42.6 Å². The van der Waals surface area contributed by atoms with Crippen LogP contribution in [0.2, 0.25) is 0 Å². The fourth-order valence-electron chi connectivity index (χ4n) is 2.56. The Kier molecular flexibility index (Phi) is 4.02. The fraction of sp³-hybridized carbons (Fsp3) is 0. The predicted octanol–water partition coefficient (Wildman–Crippen LogP) is 2.67. The van der Waals surface area contributed by atoms with Crippen molar-refractivity contribution in [2.45, 2.75) is 0 Å². The third kappa shape index (κ3) is 2.86. The fourth-order valence-corrected chi connectivity index (χ4v) is 2.85. The van der Waals surface area contributed by atoms with Gasteiger partial charge in [0.2, 0.25) is 0 Å². The lowest BCUT2D eigenvalue weighted by Crippen LogP contribution is -2.31. The van der Waals surface area contributed by atoms with Crippen molar-refractivity contribution < 1.29 is 9.18 Å². The van der Waals surface area contributed by atoms with Crippen molar-refractivity contribution in [1.29, 1.82) is 0 Å². The van der Waals surface area contributed by atoms with Crippen molar-refractivity contribution in [2.24, 2.45) is 0 Å². The molecular weight excluding hydrogens is 353 g/mol. The standard InChI is InChI=1S/C18H12FN5OS/c19-14-8-4-5-9-16(14)23-17(25)15(21-18(23)26)10-12-11-20-24(22-12)13-6-2-1-3-7-13/h1-11H,(H,21,26). The molecule has 0 aliphatic carbocycles. The highest BCUT2D eigenvalue weighted by Gasteiger charge is 2.33. The number of para-hydroxylation sites is 2. The summed E-state index contributed by atoms with van der Waals surface area (Å²) < 4.78 is 14.0. The van der Waals surface area contributed by atoms with E-state index in [2.05, 4.69) is 15.5 Å². The van der Waals surface area contributed by atoms with Gasteiger partial charge in [-0.1, -0.05) is 30.3 Å². The third-order valence-corrected chi connectivity index (χ3v) is 4.05. The van der Waals surface area contributed by atoms with Gasteiger partial charge in [0.05, 0.1) is 17.6 Å². The molecule has 0 bridgehead atoms. The molecule has 0 unspecified atom stereocenters. The number of carbonyl (C=O) groups is 1. The van der Waals surface area contributed by atoms with Crippen molar-refractivity contribution in [3.05, 3.63) is 78.0 Å². The Labute approximate surface area is 153 Å². The van der Waals surface area contributed by atoms with Crippen molar-refractivity contribution in [3.63, 3.8) is 0 Å². The molecule has 2 aromatic carbocycles. The summed E-state index contributed by atoms with van der Waals surface area (Å²) >= 11 is 5.18. The summed E-state index contributed by atoms with van der Waals surface area (Å²) in [6.07, 6.45) is 3.06. The molecule has 8 heteroatoms. The van der Waals surface area contributed by atoms with E-state index in [1.54, 1.807) is 12.1 Å². The lowest BCUT2D eigenvalue weighted by Gasteiger charge is -2.14. The number of benzene rings is 2. The van der Waals surface area contributed by atoms with Gasteiger partial charge >= 0.3 is 0 Å². The maximum absolute atomic E-state index is 14.0. The molecule has 3 aromatic rings. The number of hydrogen-bond acceptors (Lipinski definition) is 4. The summed E-state index contributed by atoms with van der Waals surface area (Å²) in [6.45, 7) is 0. The van der Waals surface area contributed by atoms with E-state index in [0.717, 1.165) is 10.6 Å². The smallest absolute Gasteiger partial charge is 0.281 e. The Bertz CT molecular complexity index is 1030. The Hall–Kier alpha value is -3.39. The highest BCUT2D eigenvalue weighted by Crippen LogP contribution is 2.24. The van der Waals surface area contributed by atoms with Crippen LogP contribution in [0.4, 0.5) is 10.1 Å². The monoisotopic (exact) mass is 365 g/mol. The molecule has 1 saturated heterocycles. The van der Waals surface area contributed by atoms with Gasteiger partial charge in [0.15, 0.2) is 5.11 Å². The topological polar surface area (TPSA) is 63.1 Å². The van der Waals surface area contributed by atoms with E-state index in [-0.39, 0.29) is 16.5 Å². The minimum absolute atomic E-state index is 0.103. The van der Waals surface area contributed by atoms with Crippen LogP contribution >= 0.6 is 12.2 Å². The van der Waals surface area contributed by atoms with Crippen molar-refractivity contribution in [3.8, 4) is 5.69 Å². The molecule has 1 aromatic heterocycles. The second-order valence-electron chi connectivity index (χ2n) is 5.47. The van der Waals surface area contributed by atoms with Crippen LogP contribution in [0.15, 0.2) is 66.5 Å². The number of nitrogens with one attached hydrogen (secondary N) is 1. The molecule has 128 valence electrons. The molecule has 26 heavy (non-hydrogen) atoms. The van der Waals surface area contributed by atoms with E-state index < -0.39 is 11.7 Å². The van der Waals surface area contributed by atoms with Crippen LogP contribution in [0, 0.1) is 5.82 Å². The van der Waals surface area contributed by atoms with E-state index >= 15 is 0 Å². The second-order valence-corrected chi connectivity index (χ2v) is 5.86. The van der Waals surface area contributed by atoms with Crippen LogP contribution < -0.4 is 10.2 Å². The first-order valence-electron chi connectivity index (χ1n) is 7.73. The Morgan fingerprint density at radius 1 is 1.08 bits per heavy atom. The van der Waals surface area contributed by atoms with E-state index in [4.69, 9.17) is 12.2 Å². The zero-order chi connectivity index (χ0) is 18.1. The van der Waals surface area contributed by atoms with Crippen molar-refractivity contribution >= 4 is 35.0 Å². The van der Waals surface area contributed by atoms with Gasteiger partial charge in [-0.15, -0.1) is 5.10 Å². The number of hydrogen-bond donors (Lipinski definition) is 1. The number of aromatic nitrogens is 3. The van der Waals surface area contributed by atoms with Crippen molar-refractivity contribution in [2.75, 3.05) is 4.90 Å². The van der Waals surface area contributed by atoms with E-state index in [1.165, 1.54) is 29.2 Å². The molecule has 0 saturated carbocycles. The number of nitrogens with zero attached hydrogens (tertiary/aromatic N) is 4. The minimum Gasteiger partial charge on any atom is -0.327 e. The van der Waals surface area contributed by atoms with Crippen LogP contribution in [0.3, 0.4) is 0 Å². The maximum atomic E-state index is 14.0. The highest BCUT2D eigenvalue weighted by molar-refractivity contribution is 7.80. The molecule has 1 aliphatic heterocycles. The second kappa shape index (κ2) is 6.49. The number of thiocarbonyl (C=S) groups is 1. The summed E-state index contributed by atoms with van der Waals surface area (Å²) in [5.41, 5.74) is 1.58. The van der Waals surface area contributed by atoms with Gasteiger partial charge in [0.1, 0.15) is 17.2 Å².